The second kappa shape index (κ2) is 4.70. The Morgan fingerprint density at radius 3 is 2.70 bits per heavy atom. The van der Waals surface area contributed by atoms with E-state index < -0.39 is 5.60 Å². The predicted octanol–water partition coefficient (Wildman–Crippen LogP) is 3.08. The van der Waals surface area contributed by atoms with Crippen molar-refractivity contribution in [1.29, 1.82) is 0 Å². The summed E-state index contributed by atoms with van der Waals surface area (Å²) >= 11 is 0. The second-order valence-electron chi connectivity index (χ2n) is 6.40. The first-order chi connectivity index (χ1) is 9.44. The van der Waals surface area contributed by atoms with Gasteiger partial charge >= 0.3 is 0 Å². The highest BCUT2D eigenvalue weighted by atomic mass is 16.3. The first-order valence-electron chi connectivity index (χ1n) is 7.18. The Morgan fingerprint density at radius 1 is 1.30 bits per heavy atom. The number of rotatable bonds is 3. The first kappa shape index (κ1) is 13.3. The summed E-state index contributed by atoms with van der Waals surface area (Å²) in [6.45, 7) is 6.24. The lowest BCUT2D eigenvalue weighted by atomic mass is 9.77. The summed E-state index contributed by atoms with van der Waals surface area (Å²) < 4.78 is 0. The maximum atomic E-state index is 9.82. The summed E-state index contributed by atoms with van der Waals surface area (Å²) in [7, 11) is 0. The van der Waals surface area contributed by atoms with Crippen molar-refractivity contribution >= 4 is 16.7 Å². The largest absolute Gasteiger partial charge is 0.390 e. The van der Waals surface area contributed by atoms with E-state index in [4.69, 9.17) is 0 Å². The molecule has 20 heavy (non-hydrogen) atoms. The minimum Gasteiger partial charge on any atom is -0.390 e. The van der Waals surface area contributed by atoms with Crippen molar-refractivity contribution in [2.75, 3.05) is 5.32 Å². The molecule has 1 aromatic heterocycles. The van der Waals surface area contributed by atoms with Crippen LogP contribution in [0.5, 0.6) is 0 Å². The minimum atomic E-state index is -0.524. The van der Waals surface area contributed by atoms with E-state index in [1.54, 1.807) is 6.33 Å². The Hall–Kier alpha value is -1.68. The molecule has 0 atom stereocenters. The van der Waals surface area contributed by atoms with E-state index in [0.29, 0.717) is 12.0 Å². The Labute approximate surface area is 119 Å². The van der Waals surface area contributed by atoms with Crippen molar-refractivity contribution in [2.24, 2.45) is 0 Å². The Morgan fingerprint density at radius 2 is 2.05 bits per heavy atom. The average Bonchev–Trinajstić information content (AvgIpc) is 2.36. The molecule has 0 saturated heterocycles. The van der Waals surface area contributed by atoms with Gasteiger partial charge in [-0.1, -0.05) is 19.9 Å². The van der Waals surface area contributed by atoms with E-state index in [1.165, 1.54) is 5.56 Å². The molecule has 1 aliphatic carbocycles. The zero-order valence-corrected chi connectivity index (χ0v) is 12.2. The van der Waals surface area contributed by atoms with Crippen molar-refractivity contribution in [3.05, 3.63) is 30.1 Å². The maximum absolute atomic E-state index is 9.82. The van der Waals surface area contributed by atoms with Gasteiger partial charge in [0.25, 0.3) is 0 Å². The van der Waals surface area contributed by atoms with Crippen molar-refractivity contribution in [1.82, 2.24) is 9.97 Å². The lowest BCUT2D eigenvalue weighted by Gasteiger charge is -2.41. The van der Waals surface area contributed by atoms with Crippen LogP contribution in [0.15, 0.2) is 24.5 Å². The number of hydrogen-bond acceptors (Lipinski definition) is 4. The molecule has 1 fully saturated rings. The van der Waals surface area contributed by atoms with Gasteiger partial charge in [0.1, 0.15) is 12.1 Å². The number of nitrogens with one attached hydrogen (secondary N) is 1. The molecular formula is C16H21N3O. The minimum absolute atomic E-state index is 0.297. The van der Waals surface area contributed by atoms with E-state index in [0.717, 1.165) is 29.6 Å². The van der Waals surface area contributed by atoms with E-state index in [9.17, 15) is 5.11 Å². The number of benzene rings is 1. The smallest absolute Gasteiger partial charge is 0.137 e. The number of fused-ring (bicyclic) bond motifs is 1. The lowest BCUT2D eigenvalue weighted by molar-refractivity contribution is -0.0234. The van der Waals surface area contributed by atoms with Crippen LogP contribution in [0.2, 0.25) is 0 Å². The molecule has 0 bridgehead atoms. The highest BCUT2D eigenvalue weighted by Crippen LogP contribution is 2.34. The third-order valence-corrected chi connectivity index (χ3v) is 4.04. The fraction of sp³-hybridized carbons (Fsp3) is 0.500. The molecule has 2 N–H and O–H groups in total. The van der Waals surface area contributed by atoms with Crippen LogP contribution in [0.25, 0.3) is 10.9 Å². The normalized spacial score (nSPS) is 25.8. The molecular weight excluding hydrogens is 250 g/mol. The van der Waals surface area contributed by atoms with Crippen LogP contribution in [-0.2, 0) is 0 Å². The molecule has 1 aromatic carbocycles. The molecule has 1 saturated carbocycles. The summed E-state index contributed by atoms with van der Waals surface area (Å²) in [5.74, 6) is 1.36. The Balaban J connectivity index is 1.92. The lowest BCUT2D eigenvalue weighted by Crippen LogP contribution is -2.48. The van der Waals surface area contributed by atoms with Gasteiger partial charge in [0.2, 0.25) is 0 Å². The van der Waals surface area contributed by atoms with Gasteiger partial charge in [-0.15, -0.1) is 0 Å². The van der Waals surface area contributed by atoms with Crippen LogP contribution in [0.4, 0.5) is 5.82 Å². The van der Waals surface area contributed by atoms with Crippen LogP contribution >= 0.6 is 0 Å². The Kier molecular flexibility index (Phi) is 3.13. The predicted molar refractivity (Wildman–Crippen MR) is 80.9 cm³/mol. The molecule has 0 amide bonds. The molecule has 0 radical (unpaired) electrons. The first-order valence-corrected chi connectivity index (χ1v) is 7.18. The summed E-state index contributed by atoms with van der Waals surface area (Å²) in [6, 6.07) is 6.64. The molecule has 106 valence electrons. The maximum Gasteiger partial charge on any atom is 0.137 e. The molecule has 2 aromatic rings. The second-order valence-corrected chi connectivity index (χ2v) is 6.40. The van der Waals surface area contributed by atoms with Crippen LogP contribution in [-0.4, -0.2) is 26.7 Å². The number of aromatic nitrogens is 2. The van der Waals surface area contributed by atoms with Gasteiger partial charge in [-0.05, 0) is 43.4 Å². The fourth-order valence-corrected chi connectivity index (χ4v) is 2.85. The van der Waals surface area contributed by atoms with E-state index in [-0.39, 0.29) is 0 Å². The molecule has 1 heterocycles. The number of hydrogen-bond donors (Lipinski definition) is 2. The topological polar surface area (TPSA) is 58.0 Å². The molecule has 1 aliphatic rings. The van der Waals surface area contributed by atoms with Crippen LogP contribution in [0, 0.1) is 0 Å². The highest BCUT2D eigenvalue weighted by Gasteiger charge is 2.38. The zero-order valence-electron chi connectivity index (χ0n) is 12.2. The highest BCUT2D eigenvalue weighted by molar-refractivity contribution is 5.89. The van der Waals surface area contributed by atoms with Crippen molar-refractivity contribution < 1.29 is 5.11 Å². The van der Waals surface area contributed by atoms with Crippen LogP contribution in [0.3, 0.4) is 0 Å². The van der Waals surface area contributed by atoms with Crippen molar-refractivity contribution in [3.8, 4) is 0 Å². The van der Waals surface area contributed by atoms with Crippen LogP contribution < -0.4 is 5.32 Å². The van der Waals surface area contributed by atoms with Gasteiger partial charge in [-0.2, -0.15) is 0 Å². The van der Waals surface area contributed by atoms with Crippen LogP contribution in [0.1, 0.15) is 45.1 Å². The number of nitrogens with zero attached hydrogens (tertiary/aromatic N) is 2. The van der Waals surface area contributed by atoms with Crippen molar-refractivity contribution in [2.45, 2.75) is 51.2 Å². The van der Waals surface area contributed by atoms with Gasteiger partial charge in [0.15, 0.2) is 0 Å². The molecule has 3 rings (SSSR count). The third kappa shape index (κ3) is 2.48. The third-order valence-electron chi connectivity index (χ3n) is 4.04. The Bertz CT molecular complexity index is 629. The molecule has 0 aliphatic heterocycles. The van der Waals surface area contributed by atoms with Gasteiger partial charge in [0, 0.05) is 11.4 Å². The van der Waals surface area contributed by atoms with Gasteiger partial charge in [-0.3, -0.25) is 0 Å². The number of aliphatic hydroxyl groups is 1. The summed E-state index contributed by atoms with van der Waals surface area (Å²) in [4.78, 5) is 8.69. The molecule has 0 unspecified atom stereocenters. The average molecular weight is 271 g/mol. The summed E-state index contributed by atoms with van der Waals surface area (Å²) in [5.41, 5.74) is 1.72. The summed E-state index contributed by atoms with van der Waals surface area (Å²) in [6.07, 6.45) is 3.13. The number of anilines is 1. The van der Waals surface area contributed by atoms with E-state index >= 15 is 0 Å². The van der Waals surface area contributed by atoms with E-state index in [1.807, 2.05) is 6.92 Å². The fourth-order valence-electron chi connectivity index (χ4n) is 2.85. The standard InChI is InChI=1S/C16H21N3O/c1-10(2)11-4-5-14-13(6-11)15(18-9-17-14)19-12-7-16(3,20)8-12/h4-6,9-10,12,20H,7-8H2,1-3H3,(H,17,18,19). The zero-order chi connectivity index (χ0) is 14.3. The molecule has 4 heteroatoms. The molecule has 4 nitrogen and oxygen atoms in total. The van der Waals surface area contributed by atoms with Crippen molar-refractivity contribution in [3.63, 3.8) is 0 Å². The van der Waals surface area contributed by atoms with E-state index in [2.05, 4.69) is 47.3 Å². The summed E-state index contributed by atoms with van der Waals surface area (Å²) in [5, 5.41) is 14.3. The molecule has 0 spiro atoms. The quantitative estimate of drug-likeness (QED) is 0.900. The van der Waals surface area contributed by atoms with Gasteiger partial charge < -0.3 is 10.4 Å². The monoisotopic (exact) mass is 271 g/mol. The SMILES string of the molecule is CC(C)c1ccc2ncnc(NC3CC(C)(O)C3)c2c1. The van der Waals surface area contributed by atoms with Gasteiger partial charge in [0.05, 0.1) is 11.1 Å². The van der Waals surface area contributed by atoms with Gasteiger partial charge in [-0.25, -0.2) is 9.97 Å².